The fourth-order valence-electron chi connectivity index (χ4n) is 6.29. The van der Waals surface area contributed by atoms with E-state index in [9.17, 15) is 39.5 Å². The lowest BCUT2D eigenvalue weighted by Gasteiger charge is -2.29. The van der Waals surface area contributed by atoms with Gasteiger partial charge in [0.15, 0.2) is 17.4 Å². The van der Waals surface area contributed by atoms with E-state index in [1.165, 1.54) is 0 Å². The third kappa shape index (κ3) is 8.17. The number of halogens is 12. The predicted molar refractivity (Wildman–Crippen MR) is 160 cm³/mol. The summed E-state index contributed by atoms with van der Waals surface area (Å²) >= 11 is 0. The largest absolute Gasteiger partial charge is 0.457 e. The summed E-state index contributed by atoms with van der Waals surface area (Å²) in [4.78, 5) is 0. The Kier molecular flexibility index (Phi) is 11.1. The lowest BCUT2D eigenvalue weighted by molar-refractivity contribution is -0.190. The quantitative estimate of drug-likeness (QED) is 0.136. The van der Waals surface area contributed by atoms with E-state index in [0.717, 1.165) is 37.8 Å². The molecule has 0 N–H and O–H groups in total. The van der Waals surface area contributed by atoms with Crippen LogP contribution in [0.5, 0.6) is 17.2 Å². The molecule has 0 atom stereocenters. The van der Waals surface area contributed by atoms with Crippen molar-refractivity contribution < 1.29 is 66.9 Å². The second kappa shape index (κ2) is 15.0. The normalized spacial score (nSPS) is 16.6. The maximum absolute atomic E-state index is 15.1. The molecule has 0 spiro atoms. The van der Waals surface area contributed by atoms with Gasteiger partial charge in [0.1, 0.15) is 51.7 Å². The van der Waals surface area contributed by atoms with Crippen molar-refractivity contribution in [2.45, 2.75) is 63.6 Å². The van der Waals surface area contributed by atoms with Crippen LogP contribution in [0.3, 0.4) is 0 Å². The third-order valence-electron chi connectivity index (χ3n) is 8.62. The highest BCUT2D eigenvalue weighted by molar-refractivity contribution is 5.66. The standard InChI is InChI=1S/C36H28F12O3/c1-2-3-18-4-6-19(7-5-18)20-10-26(39)32(27(40)11-20)35(45,46)50-22-8-9-24(25(38)14-22)21-12-28(41)33(29(42)13-21)36(47,48)51-23-15-30(43)34(49-17-37)31(44)16-23/h8-16,18-19H,2-7,17H2,1H3. The zero-order valence-corrected chi connectivity index (χ0v) is 26.6. The summed E-state index contributed by atoms with van der Waals surface area (Å²) in [5.41, 5.74) is -4.93. The SMILES string of the molecule is CCCC1CCC(c2cc(F)c(C(F)(F)Oc3ccc(-c4cc(F)c(C(F)(F)Oc5cc(F)c(OCF)c(F)c5)c(F)c4)c(F)c3)c(F)c2)CC1. The Labute approximate surface area is 283 Å². The Morgan fingerprint density at radius 1 is 0.608 bits per heavy atom. The lowest BCUT2D eigenvalue weighted by atomic mass is 9.77. The van der Waals surface area contributed by atoms with Crippen molar-refractivity contribution in [3.63, 3.8) is 0 Å². The molecule has 15 heteroatoms. The zero-order valence-electron chi connectivity index (χ0n) is 26.6. The van der Waals surface area contributed by atoms with E-state index in [1.54, 1.807) is 0 Å². The molecule has 1 aliphatic carbocycles. The van der Waals surface area contributed by atoms with Crippen LogP contribution in [0.1, 0.15) is 68.1 Å². The fraction of sp³-hybridized carbons (Fsp3) is 0.333. The van der Waals surface area contributed by atoms with Gasteiger partial charge in [0.05, 0.1) is 0 Å². The van der Waals surface area contributed by atoms with Gasteiger partial charge in [0.2, 0.25) is 6.86 Å². The summed E-state index contributed by atoms with van der Waals surface area (Å²) in [6, 6.07) is 4.12. The fourth-order valence-corrected chi connectivity index (χ4v) is 6.29. The van der Waals surface area contributed by atoms with Gasteiger partial charge >= 0.3 is 12.2 Å². The van der Waals surface area contributed by atoms with Gasteiger partial charge in [0, 0.05) is 23.8 Å². The van der Waals surface area contributed by atoms with Gasteiger partial charge in [-0.1, -0.05) is 19.8 Å². The van der Waals surface area contributed by atoms with E-state index in [-0.39, 0.29) is 35.7 Å². The third-order valence-corrected chi connectivity index (χ3v) is 8.62. The van der Waals surface area contributed by atoms with Crippen molar-refractivity contribution in [1.29, 1.82) is 0 Å². The van der Waals surface area contributed by atoms with E-state index in [2.05, 4.69) is 21.1 Å². The molecule has 51 heavy (non-hydrogen) atoms. The molecule has 1 saturated carbocycles. The van der Waals surface area contributed by atoms with Crippen molar-refractivity contribution in [1.82, 2.24) is 0 Å². The van der Waals surface area contributed by atoms with Crippen molar-refractivity contribution in [3.8, 4) is 28.4 Å². The molecule has 3 nitrogen and oxygen atoms in total. The highest BCUT2D eigenvalue weighted by atomic mass is 19.3. The van der Waals surface area contributed by atoms with Crippen molar-refractivity contribution in [2.75, 3.05) is 6.86 Å². The summed E-state index contributed by atoms with van der Waals surface area (Å²) in [6.45, 7) is 0.395. The number of ether oxygens (including phenoxy) is 3. The number of hydrogen-bond acceptors (Lipinski definition) is 3. The molecular formula is C36H28F12O3. The first-order valence-corrected chi connectivity index (χ1v) is 15.6. The molecule has 0 heterocycles. The highest BCUT2D eigenvalue weighted by Gasteiger charge is 2.43. The average Bonchev–Trinajstić information content (AvgIpc) is 3.02. The maximum atomic E-state index is 15.1. The number of rotatable bonds is 12. The Hall–Kier alpha value is -4.56. The Balaban J connectivity index is 1.34. The van der Waals surface area contributed by atoms with Crippen LogP contribution in [0, 0.1) is 46.6 Å². The molecule has 1 fully saturated rings. The lowest BCUT2D eigenvalue weighted by Crippen LogP contribution is -2.26. The van der Waals surface area contributed by atoms with Crippen LogP contribution >= 0.6 is 0 Å². The maximum Gasteiger partial charge on any atom is 0.432 e. The minimum Gasteiger partial charge on any atom is -0.457 e. The molecule has 0 radical (unpaired) electrons. The topological polar surface area (TPSA) is 27.7 Å². The van der Waals surface area contributed by atoms with Crippen LogP contribution in [0.2, 0.25) is 0 Å². The second-order valence-corrected chi connectivity index (χ2v) is 12.0. The van der Waals surface area contributed by atoms with Crippen molar-refractivity contribution in [3.05, 3.63) is 112 Å². The van der Waals surface area contributed by atoms with Gasteiger partial charge in [-0.3, -0.25) is 0 Å². The molecule has 4 aromatic rings. The van der Waals surface area contributed by atoms with Gasteiger partial charge in [-0.05, 0) is 85.0 Å². The molecule has 5 rings (SSSR count). The van der Waals surface area contributed by atoms with E-state index in [4.69, 9.17) is 0 Å². The summed E-state index contributed by atoms with van der Waals surface area (Å²) in [7, 11) is 0. The smallest absolute Gasteiger partial charge is 0.432 e. The molecule has 0 saturated heterocycles. The van der Waals surface area contributed by atoms with Crippen LogP contribution in [-0.2, 0) is 12.2 Å². The van der Waals surface area contributed by atoms with Crippen LogP contribution < -0.4 is 14.2 Å². The van der Waals surface area contributed by atoms with E-state index in [1.807, 2.05) is 0 Å². The summed E-state index contributed by atoms with van der Waals surface area (Å²) in [5, 5.41) is 0. The molecule has 1 aliphatic rings. The molecule has 0 amide bonds. The first-order chi connectivity index (χ1) is 24.0. The second-order valence-electron chi connectivity index (χ2n) is 12.0. The van der Waals surface area contributed by atoms with Gasteiger partial charge in [-0.2, -0.15) is 17.6 Å². The summed E-state index contributed by atoms with van der Waals surface area (Å²) in [6.07, 6.45) is -4.55. The summed E-state index contributed by atoms with van der Waals surface area (Å²) < 4.78 is 187. The highest BCUT2D eigenvalue weighted by Crippen LogP contribution is 2.43. The van der Waals surface area contributed by atoms with Crippen LogP contribution in [-0.4, -0.2) is 6.86 Å². The Morgan fingerprint density at radius 2 is 1.10 bits per heavy atom. The first kappa shape index (κ1) is 37.7. The van der Waals surface area contributed by atoms with Gasteiger partial charge in [-0.25, -0.2) is 35.1 Å². The molecule has 0 aromatic heterocycles. The number of hydrogen-bond donors (Lipinski definition) is 0. The van der Waals surface area contributed by atoms with E-state index >= 15 is 13.2 Å². The van der Waals surface area contributed by atoms with E-state index in [0.29, 0.717) is 37.0 Å². The van der Waals surface area contributed by atoms with Gasteiger partial charge in [0.25, 0.3) is 0 Å². The molecule has 0 aliphatic heterocycles. The molecule has 0 bridgehead atoms. The van der Waals surface area contributed by atoms with E-state index < -0.39 is 99.3 Å². The number of benzene rings is 4. The van der Waals surface area contributed by atoms with Crippen LogP contribution in [0.4, 0.5) is 52.7 Å². The van der Waals surface area contributed by atoms with Gasteiger partial charge in [-0.15, -0.1) is 0 Å². The first-order valence-electron chi connectivity index (χ1n) is 15.6. The number of alkyl halides is 5. The minimum atomic E-state index is -4.91. The van der Waals surface area contributed by atoms with Crippen molar-refractivity contribution >= 4 is 0 Å². The predicted octanol–water partition coefficient (Wildman–Crippen LogP) is 12.0. The van der Waals surface area contributed by atoms with Gasteiger partial charge < -0.3 is 14.2 Å². The molecule has 4 aromatic carbocycles. The molecular weight excluding hydrogens is 708 g/mol. The molecule has 0 unspecified atom stereocenters. The van der Waals surface area contributed by atoms with Crippen molar-refractivity contribution in [2.24, 2.45) is 5.92 Å². The summed E-state index contributed by atoms with van der Waals surface area (Å²) in [5.74, 6) is -15.2. The van der Waals surface area contributed by atoms with Crippen LogP contribution in [0.15, 0.2) is 54.6 Å². The monoisotopic (exact) mass is 736 g/mol. The Morgan fingerprint density at radius 3 is 1.59 bits per heavy atom. The Bertz CT molecular complexity index is 1820. The minimum absolute atomic E-state index is 0.145. The molecule has 274 valence electrons. The van der Waals surface area contributed by atoms with Crippen LogP contribution in [0.25, 0.3) is 11.1 Å². The zero-order chi connectivity index (χ0) is 37.2. The average molecular weight is 737 g/mol.